The van der Waals surface area contributed by atoms with Crippen LogP contribution in [0.5, 0.6) is 0 Å². The van der Waals surface area contributed by atoms with Crippen LogP contribution in [-0.2, 0) is 0 Å². The van der Waals surface area contributed by atoms with Gasteiger partial charge in [-0.25, -0.2) is 4.98 Å². The Morgan fingerprint density at radius 3 is 2.55 bits per heavy atom. The second-order valence-corrected chi connectivity index (χ2v) is 5.69. The van der Waals surface area contributed by atoms with Gasteiger partial charge in [0.15, 0.2) is 0 Å². The summed E-state index contributed by atoms with van der Waals surface area (Å²) in [4.78, 5) is 4.54. The largest absolute Gasteiger partial charge is 0.399 e. The zero-order valence-electron chi connectivity index (χ0n) is 12.2. The molecule has 0 amide bonds. The molecule has 0 fully saturated rings. The fourth-order valence-corrected chi connectivity index (χ4v) is 2.65. The molecule has 0 saturated carbocycles. The molecule has 0 aliphatic heterocycles. The molecule has 4 nitrogen and oxygen atoms in total. The Kier molecular flexibility index (Phi) is 4.16. The van der Waals surface area contributed by atoms with Crippen LogP contribution in [0.4, 0.5) is 10.8 Å². The van der Waals surface area contributed by atoms with Crippen LogP contribution in [0.2, 0.25) is 0 Å². The third-order valence-corrected chi connectivity index (χ3v) is 3.97. The van der Waals surface area contributed by atoms with E-state index in [-0.39, 0.29) is 0 Å². The molecule has 0 bridgehead atoms. The van der Waals surface area contributed by atoms with Crippen LogP contribution >= 0.6 is 11.3 Å². The van der Waals surface area contributed by atoms with E-state index in [1.165, 1.54) is 11.3 Å². The SMILES string of the molecule is C/C(=N\Nc1nc(-c2ccccc2)cs1)c1ccc(N)cc1. The molecule has 110 valence electrons. The summed E-state index contributed by atoms with van der Waals surface area (Å²) in [5, 5.41) is 7.17. The molecule has 0 atom stereocenters. The lowest BCUT2D eigenvalue weighted by molar-refractivity contribution is 1.27. The third-order valence-electron chi connectivity index (χ3n) is 3.22. The number of thiazole rings is 1. The molecule has 3 rings (SSSR count). The number of aromatic nitrogens is 1. The van der Waals surface area contributed by atoms with Crippen LogP contribution in [0.1, 0.15) is 12.5 Å². The fraction of sp³-hybridized carbons (Fsp3) is 0.0588. The van der Waals surface area contributed by atoms with E-state index < -0.39 is 0 Å². The minimum atomic E-state index is 0.747. The molecule has 1 heterocycles. The van der Waals surface area contributed by atoms with E-state index >= 15 is 0 Å². The first-order chi connectivity index (χ1) is 10.7. The molecule has 0 aliphatic rings. The van der Waals surface area contributed by atoms with E-state index in [4.69, 9.17) is 5.73 Å². The highest BCUT2D eigenvalue weighted by Gasteiger charge is 2.03. The van der Waals surface area contributed by atoms with Gasteiger partial charge in [0, 0.05) is 16.6 Å². The standard InChI is InChI=1S/C17H16N4S/c1-12(13-7-9-15(18)10-8-13)20-21-17-19-16(11-22-17)14-5-3-2-4-6-14/h2-11H,18H2,1H3,(H,19,21)/b20-12+. The van der Waals surface area contributed by atoms with Crippen molar-refractivity contribution in [3.05, 3.63) is 65.5 Å². The minimum absolute atomic E-state index is 0.747. The number of nitrogens with one attached hydrogen (secondary N) is 1. The van der Waals surface area contributed by atoms with E-state index in [9.17, 15) is 0 Å². The first-order valence-electron chi connectivity index (χ1n) is 6.89. The van der Waals surface area contributed by atoms with Crippen LogP contribution in [0.15, 0.2) is 65.1 Å². The summed E-state index contributed by atoms with van der Waals surface area (Å²) < 4.78 is 0. The van der Waals surface area contributed by atoms with Gasteiger partial charge < -0.3 is 5.73 Å². The summed E-state index contributed by atoms with van der Waals surface area (Å²) in [6.45, 7) is 1.95. The molecular weight excluding hydrogens is 292 g/mol. The Bertz CT molecular complexity index is 776. The van der Waals surface area contributed by atoms with Crippen LogP contribution in [0.3, 0.4) is 0 Å². The van der Waals surface area contributed by atoms with Crippen molar-refractivity contribution in [1.29, 1.82) is 0 Å². The van der Waals surface area contributed by atoms with Crippen molar-refractivity contribution in [2.24, 2.45) is 5.10 Å². The van der Waals surface area contributed by atoms with Gasteiger partial charge in [0.2, 0.25) is 5.13 Å². The molecule has 0 spiro atoms. The number of hydrogen-bond donors (Lipinski definition) is 2. The number of rotatable bonds is 4. The van der Waals surface area contributed by atoms with Gasteiger partial charge in [-0.2, -0.15) is 5.10 Å². The Morgan fingerprint density at radius 1 is 1.09 bits per heavy atom. The summed E-state index contributed by atoms with van der Waals surface area (Å²) in [6, 6.07) is 17.7. The van der Waals surface area contributed by atoms with Gasteiger partial charge in [-0.3, -0.25) is 5.43 Å². The summed E-state index contributed by atoms with van der Waals surface area (Å²) >= 11 is 1.53. The molecule has 1 aromatic heterocycles. The minimum Gasteiger partial charge on any atom is -0.399 e. The lowest BCUT2D eigenvalue weighted by Gasteiger charge is -2.01. The first kappa shape index (κ1) is 14.3. The number of hydrazone groups is 1. The van der Waals surface area contributed by atoms with Crippen LogP contribution < -0.4 is 11.2 Å². The van der Waals surface area contributed by atoms with E-state index in [1.54, 1.807) is 0 Å². The lowest BCUT2D eigenvalue weighted by atomic mass is 10.1. The molecule has 5 heteroatoms. The number of nitrogen functional groups attached to an aromatic ring is 1. The molecule has 22 heavy (non-hydrogen) atoms. The number of anilines is 2. The molecule has 3 aromatic rings. The van der Waals surface area contributed by atoms with Crippen LogP contribution in [-0.4, -0.2) is 10.7 Å². The second kappa shape index (κ2) is 6.41. The first-order valence-corrected chi connectivity index (χ1v) is 7.77. The topological polar surface area (TPSA) is 63.3 Å². The summed E-state index contributed by atoms with van der Waals surface area (Å²) in [5.74, 6) is 0. The molecule has 0 radical (unpaired) electrons. The highest BCUT2D eigenvalue weighted by molar-refractivity contribution is 7.14. The lowest BCUT2D eigenvalue weighted by Crippen LogP contribution is -1.99. The molecule has 2 aromatic carbocycles. The highest BCUT2D eigenvalue weighted by atomic mass is 32.1. The van der Waals surface area contributed by atoms with Crippen molar-refractivity contribution in [3.8, 4) is 11.3 Å². The monoisotopic (exact) mass is 308 g/mol. The van der Waals surface area contributed by atoms with Gasteiger partial charge in [0.1, 0.15) is 0 Å². The third kappa shape index (κ3) is 3.32. The smallest absolute Gasteiger partial charge is 0.203 e. The van der Waals surface area contributed by atoms with Crippen molar-refractivity contribution in [1.82, 2.24) is 4.98 Å². The second-order valence-electron chi connectivity index (χ2n) is 4.83. The summed E-state index contributed by atoms with van der Waals surface area (Å²) in [5.41, 5.74) is 13.4. The van der Waals surface area contributed by atoms with Gasteiger partial charge in [-0.1, -0.05) is 42.5 Å². The maximum atomic E-state index is 5.69. The average Bonchev–Trinajstić information content (AvgIpc) is 3.03. The zero-order chi connectivity index (χ0) is 15.4. The Balaban J connectivity index is 1.73. The molecule has 0 aliphatic carbocycles. The number of nitrogens with zero attached hydrogens (tertiary/aromatic N) is 2. The summed E-state index contributed by atoms with van der Waals surface area (Å²) in [7, 11) is 0. The van der Waals surface area contributed by atoms with Gasteiger partial charge >= 0.3 is 0 Å². The molecular formula is C17H16N4S. The zero-order valence-corrected chi connectivity index (χ0v) is 13.0. The number of benzene rings is 2. The van der Waals surface area contributed by atoms with E-state index in [2.05, 4.69) is 15.5 Å². The van der Waals surface area contributed by atoms with Gasteiger partial charge in [0.25, 0.3) is 0 Å². The highest BCUT2D eigenvalue weighted by Crippen LogP contribution is 2.24. The number of nitrogens with two attached hydrogens (primary N) is 1. The fourth-order valence-electron chi connectivity index (χ4n) is 1.99. The van der Waals surface area contributed by atoms with Gasteiger partial charge in [-0.15, -0.1) is 11.3 Å². The Labute approximate surface area is 133 Å². The van der Waals surface area contributed by atoms with Crippen molar-refractivity contribution in [3.63, 3.8) is 0 Å². The normalized spacial score (nSPS) is 11.4. The molecule has 0 saturated heterocycles. The molecule has 3 N–H and O–H groups in total. The Hall–Kier alpha value is -2.66. The van der Waals surface area contributed by atoms with Crippen molar-refractivity contribution in [2.75, 3.05) is 11.2 Å². The van der Waals surface area contributed by atoms with E-state index in [1.807, 2.05) is 66.9 Å². The van der Waals surface area contributed by atoms with Crippen molar-refractivity contribution < 1.29 is 0 Å². The van der Waals surface area contributed by atoms with Crippen LogP contribution in [0.25, 0.3) is 11.3 Å². The maximum Gasteiger partial charge on any atom is 0.203 e. The quantitative estimate of drug-likeness (QED) is 0.431. The predicted octanol–water partition coefficient (Wildman–Crippen LogP) is 4.23. The Morgan fingerprint density at radius 2 is 1.82 bits per heavy atom. The number of hydrogen-bond acceptors (Lipinski definition) is 5. The predicted molar refractivity (Wildman–Crippen MR) is 94.2 cm³/mol. The van der Waals surface area contributed by atoms with Gasteiger partial charge in [0.05, 0.1) is 11.4 Å². The van der Waals surface area contributed by atoms with Crippen molar-refractivity contribution in [2.45, 2.75) is 6.92 Å². The van der Waals surface area contributed by atoms with E-state index in [0.717, 1.165) is 33.4 Å². The van der Waals surface area contributed by atoms with Gasteiger partial charge in [-0.05, 0) is 24.6 Å². The average molecular weight is 308 g/mol. The van der Waals surface area contributed by atoms with E-state index in [0.29, 0.717) is 0 Å². The van der Waals surface area contributed by atoms with Crippen LogP contribution in [0, 0.1) is 0 Å². The maximum absolute atomic E-state index is 5.69. The van der Waals surface area contributed by atoms with Crippen molar-refractivity contribution >= 4 is 27.9 Å². The molecule has 0 unspecified atom stereocenters. The summed E-state index contributed by atoms with van der Waals surface area (Å²) in [6.07, 6.45) is 0.